The third-order valence-electron chi connectivity index (χ3n) is 3.58. The Morgan fingerprint density at radius 2 is 1.52 bits per heavy atom. The topological polar surface area (TPSA) is 29.1 Å². The van der Waals surface area contributed by atoms with Crippen molar-refractivity contribution < 1.29 is 4.79 Å². The van der Waals surface area contributed by atoms with Gasteiger partial charge in [-0.05, 0) is 47.5 Å². The second-order valence-electron chi connectivity index (χ2n) is 5.33. The van der Waals surface area contributed by atoms with Crippen molar-refractivity contribution in [3.05, 3.63) is 81.0 Å². The maximum Gasteiger partial charge on any atom is 0.166 e. The summed E-state index contributed by atoms with van der Waals surface area (Å²) in [6.45, 7) is 0.637. The van der Waals surface area contributed by atoms with Crippen LogP contribution in [0, 0.1) is 0 Å². The van der Waals surface area contributed by atoms with Crippen molar-refractivity contribution in [2.75, 3.05) is 6.54 Å². The van der Waals surface area contributed by atoms with Crippen molar-refractivity contribution >= 4 is 41.1 Å². The standard InChI is InChI=1S/C19H15Cl2NO/c20-15-5-1-3-13(9-15)11-17-18(22-8-7-19(17)23)12-14-4-2-6-16(21)10-14/h1-6,9-12,22H,7-8H2. The fourth-order valence-corrected chi connectivity index (χ4v) is 2.90. The average Bonchev–Trinajstić information content (AvgIpc) is 2.51. The first-order chi connectivity index (χ1) is 11.1. The van der Waals surface area contributed by atoms with E-state index in [1.807, 2.05) is 60.7 Å². The van der Waals surface area contributed by atoms with E-state index in [2.05, 4.69) is 5.32 Å². The Hall–Kier alpha value is -2.03. The van der Waals surface area contributed by atoms with E-state index in [1.54, 1.807) is 0 Å². The minimum atomic E-state index is 0.122. The van der Waals surface area contributed by atoms with Gasteiger partial charge in [0.1, 0.15) is 0 Å². The van der Waals surface area contributed by atoms with Gasteiger partial charge in [0.2, 0.25) is 0 Å². The largest absolute Gasteiger partial charge is 0.384 e. The lowest BCUT2D eigenvalue weighted by atomic mass is 9.97. The lowest BCUT2D eigenvalue weighted by molar-refractivity contribution is -0.115. The third kappa shape index (κ3) is 4.04. The summed E-state index contributed by atoms with van der Waals surface area (Å²) < 4.78 is 0. The van der Waals surface area contributed by atoms with Crippen LogP contribution in [0.2, 0.25) is 10.0 Å². The number of hydrogen-bond donors (Lipinski definition) is 1. The molecule has 1 heterocycles. The van der Waals surface area contributed by atoms with Crippen LogP contribution in [0.15, 0.2) is 59.8 Å². The monoisotopic (exact) mass is 343 g/mol. The Morgan fingerprint density at radius 3 is 2.13 bits per heavy atom. The highest BCUT2D eigenvalue weighted by Gasteiger charge is 2.19. The zero-order valence-electron chi connectivity index (χ0n) is 12.4. The molecule has 1 saturated heterocycles. The van der Waals surface area contributed by atoms with Gasteiger partial charge in [0, 0.05) is 34.3 Å². The van der Waals surface area contributed by atoms with E-state index in [9.17, 15) is 4.79 Å². The second-order valence-corrected chi connectivity index (χ2v) is 6.20. The number of rotatable bonds is 2. The number of carbonyl (C=O) groups excluding carboxylic acids is 1. The molecular weight excluding hydrogens is 329 g/mol. The van der Waals surface area contributed by atoms with Crippen LogP contribution in [0.1, 0.15) is 17.5 Å². The smallest absolute Gasteiger partial charge is 0.166 e. The maximum absolute atomic E-state index is 12.3. The molecular formula is C19H15Cl2NO. The summed E-state index contributed by atoms with van der Waals surface area (Å²) in [6.07, 6.45) is 4.30. The van der Waals surface area contributed by atoms with Gasteiger partial charge in [-0.2, -0.15) is 0 Å². The van der Waals surface area contributed by atoms with Crippen molar-refractivity contribution in [1.82, 2.24) is 5.32 Å². The summed E-state index contributed by atoms with van der Waals surface area (Å²) in [5, 5.41) is 4.62. The number of nitrogens with one attached hydrogen (secondary N) is 1. The van der Waals surface area contributed by atoms with E-state index in [0.29, 0.717) is 28.6 Å². The Kier molecular flexibility index (Phi) is 4.85. The van der Waals surface area contributed by atoms with Crippen LogP contribution in [0.4, 0.5) is 0 Å². The molecule has 0 saturated carbocycles. The molecule has 0 spiro atoms. The van der Waals surface area contributed by atoms with Crippen LogP contribution in [0.25, 0.3) is 12.2 Å². The van der Waals surface area contributed by atoms with Crippen molar-refractivity contribution in [1.29, 1.82) is 0 Å². The van der Waals surface area contributed by atoms with Gasteiger partial charge in [-0.15, -0.1) is 0 Å². The fraction of sp³-hybridized carbons (Fsp3) is 0.105. The van der Waals surface area contributed by atoms with Crippen molar-refractivity contribution in [2.45, 2.75) is 6.42 Å². The van der Waals surface area contributed by atoms with Gasteiger partial charge in [-0.1, -0.05) is 47.5 Å². The molecule has 2 aromatic rings. The summed E-state index contributed by atoms with van der Waals surface area (Å²) in [4.78, 5) is 12.3. The van der Waals surface area contributed by atoms with Gasteiger partial charge in [0.15, 0.2) is 5.78 Å². The number of benzene rings is 2. The molecule has 4 heteroatoms. The highest BCUT2D eigenvalue weighted by Crippen LogP contribution is 2.23. The predicted octanol–water partition coefficient (Wildman–Crippen LogP) is 4.98. The van der Waals surface area contributed by atoms with Crippen LogP contribution in [-0.2, 0) is 4.79 Å². The zero-order chi connectivity index (χ0) is 16.2. The summed E-state index contributed by atoms with van der Waals surface area (Å²) in [7, 11) is 0. The predicted molar refractivity (Wildman–Crippen MR) is 96.5 cm³/mol. The lowest BCUT2D eigenvalue weighted by Crippen LogP contribution is -2.28. The van der Waals surface area contributed by atoms with Crippen LogP contribution in [0.3, 0.4) is 0 Å². The molecule has 116 valence electrons. The molecule has 0 radical (unpaired) electrons. The first-order valence-corrected chi connectivity index (χ1v) is 8.09. The molecule has 0 unspecified atom stereocenters. The first kappa shape index (κ1) is 15.9. The van der Waals surface area contributed by atoms with Crippen molar-refractivity contribution in [3.63, 3.8) is 0 Å². The molecule has 2 aromatic carbocycles. The highest BCUT2D eigenvalue weighted by atomic mass is 35.5. The van der Waals surface area contributed by atoms with Gasteiger partial charge in [-0.3, -0.25) is 4.79 Å². The average molecular weight is 344 g/mol. The van der Waals surface area contributed by atoms with Gasteiger partial charge >= 0.3 is 0 Å². The summed E-state index contributed by atoms with van der Waals surface area (Å²) >= 11 is 12.1. The number of allylic oxidation sites excluding steroid dienone is 1. The number of Topliss-reactive ketones (excluding diaryl/α,β-unsaturated/α-hetero) is 1. The van der Waals surface area contributed by atoms with Crippen LogP contribution >= 0.6 is 23.2 Å². The summed E-state index contributed by atoms with van der Waals surface area (Å²) in [6, 6.07) is 15.0. The van der Waals surface area contributed by atoms with E-state index in [4.69, 9.17) is 23.2 Å². The van der Waals surface area contributed by atoms with Crippen molar-refractivity contribution in [3.8, 4) is 0 Å². The van der Waals surface area contributed by atoms with Gasteiger partial charge in [0.25, 0.3) is 0 Å². The number of piperidine rings is 1. The molecule has 1 N–H and O–H groups in total. The molecule has 2 nitrogen and oxygen atoms in total. The third-order valence-corrected chi connectivity index (χ3v) is 4.05. The molecule has 0 aliphatic carbocycles. The van der Waals surface area contributed by atoms with E-state index in [1.165, 1.54) is 0 Å². The quantitative estimate of drug-likeness (QED) is 0.779. The molecule has 23 heavy (non-hydrogen) atoms. The molecule has 0 aromatic heterocycles. The SMILES string of the molecule is O=C1CCNC(=Cc2cccc(Cl)c2)C1=Cc1cccc(Cl)c1. The molecule has 3 rings (SSSR count). The molecule has 1 aliphatic rings. The molecule has 0 atom stereocenters. The van der Waals surface area contributed by atoms with E-state index in [-0.39, 0.29) is 5.78 Å². The molecule has 0 amide bonds. The van der Waals surface area contributed by atoms with Gasteiger partial charge in [-0.25, -0.2) is 0 Å². The highest BCUT2D eigenvalue weighted by molar-refractivity contribution is 6.31. The lowest BCUT2D eigenvalue weighted by Gasteiger charge is -2.20. The molecule has 1 aliphatic heterocycles. The first-order valence-electron chi connectivity index (χ1n) is 7.34. The minimum absolute atomic E-state index is 0.122. The number of ketones is 1. The normalized spacial score (nSPS) is 18.3. The molecule has 1 fully saturated rings. The van der Waals surface area contributed by atoms with E-state index >= 15 is 0 Å². The zero-order valence-corrected chi connectivity index (χ0v) is 13.9. The summed E-state index contributed by atoms with van der Waals surface area (Å²) in [5.74, 6) is 0.122. The second kappa shape index (κ2) is 7.03. The Bertz CT molecular complexity index is 809. The van der Waals surface area contributed by atoms with E-state index in [0.717, 1.165) is 16.8 Å². The van der Waals surface area contributed by atoms with Crippen LogP contribution < -0.4 is 5.32 Å². The number of halogens is 2. The summed E-state index contributed by atoms with van der Waals surface area (Å²) in [5.41, 5.74) is 3.33. The number of hydrogen-bond acceptors (Lipinski definition) is 2. The van der Waals surface area contributed by atoms with Gasteiger partial charge in [0.05, 0.1) is 0 Å². The van der Waals surface area contributed by atoms with Gasteiger partial charge < -0.3 is 5.32 Å². The van der Waals surface area contributed by atoms with Crippen molar-refractivity contribution in [2.24, 2.45) is 0 Å². The Labute approximate surface area is 145 Å². The van der Waals surface area contributed by atoms with E-state index < -0.39 is 0 Å². The molecule has 0 bridgehead atoms. The van der Waals surface area contributed by atoms with Crippen LogP contribution in [0.5, 0.6) is 0 Å². The maximum atomic E-state index is 12.3. The van der Waals surface area contributed by atoms with Crippen LogP contribution in [-0.4, -0.2) is 12.3 Å². The minimum Gasteiger partial charge on any atom is -0.384 e. The fourth-order valence-electron chi connectivity index (χ4n) is 2.50. The Morgan fingerprint density at radius 1 is 0.913 bits per heavy atom. The Balaban J connectivity index is 2.01. The number of carbonyl (C=O) groups is 1.